The van der Waals surface area contributed by atoms with Gasteiger partial charge in [0.2, 0.25) is 0 Å². The number of likely N-dealkylation sites (tertiary alicyclic amines) is 1. The maximum absolute atomic E-state index is 13.1. The Hall–Kier alpha value is -3.86. The maximum atomic E-state index is 13.1. The van der Waals surface area contributed by atoms with E-state index in [-0.39, 0.29) is 40.1 Å². The van der Waals surface area contributed by atoms with Crippen LogP contribution in [0.4, 0.5) is 18.9 Å². The summed E-state index contributed by atoms with van der Waals surface area (Å²) < 4.78 is 44.7. The number of aromatic amines is 2. The van der Waals surface area contributed by atoms with Crippen LogP contribution in [0.2, 0.25) is 0 Å². The molecular formula is C24H22F3N5O3. The number of hydrogen-bond acceptors (Lipinski definition) is 5. The Labute approximate surface area is 196 Å². The van der Waals surface area contributed by atoms with E-state index in [0.717, 1.165) is 31.0 Å². The summed E-state index contributed by atoms with van der Waals surface area (Å²) in [4.78, 5) is 37.4. The van der Waals surface area contributed by atoms with Crippen molar-refractivity contribution in [2.45, 2.75) is 25.1 Å². The van der Waals surface area contributed by atoms with Gasteiger partial charge in [-0.1, -0.05) is 0 Å². The highest BCUT2D eigenvalue weighted by Gasteiger charge is 2.31. The molecule has 1 aliphatic heterocycles. The van der Waals surface area contributed by atoms with Crippen molar-refractivity contribution >= 4 is 33.5 Å². The SMILES string of the molecule is COC[C@H]1CCCN1C(=O)c1ccc2[nH]c(-c3nc4cc(C(F)(F)F)ccc4[nH]c3=O)c(N)c2c1. The van der Waals surface area contributed by atoms with Gasteiger partial charge in [-0.25, -0.2) is 4.98 Å². The van der Waals surface area contributed by atoms with Crippen LogP contribution in [0, 0.1) is 0 Å². The summed E-state index contributed by atoms with van der Waals surface area (Å²) in [5.41, 5.74) is 6.20. The quantitative estimate of drug-likeness (QED) is 0.405. The Morgan fingerprint density at radius 1 is 1.20 bits per heavy atom. The van der Waals surface area contributed by atoms with E-state index < -0.39 is 17.3 Å². The number of nitrogen functional groups attached to an aromatic ring is 1. The van der Waals surface area contributed by atoms with Crippen molar-refractivity contribution in [1.29, 1.82) is 0 Å². The summed E-state index contributed by atoms with van der Waals surface area (Å²) in [5, 5.41) is 0.513. The highest BCUT2D eigenvalue weighted by atomic mass is 19.4. The molecule has 1 atom stereocenters. The molecule has 182 valence electrons. The van der Waals surface area contributed by atoms with Crippen LogP contribution >= 0.6 is 0 Å². The van der Waals surface area contributed by atoms with Gasteiger partial charge in [-0.05, 0) is 49.2 Å². The summed E-state index contributed by atoms with van der Waals surface area (Å²) in [5.74, 6) is -0.144. The van der Waals surface area contributed by atoms with Gasteiger partial charge in [0.15, 0.2) is 5.69 Å². The highest BCUT2D eigenvalue weighted by molar-refractivity contribution is 6.05. The molecule has 35 heavy (non-hydrogen) atoms. The third-order valence-corrected chi connectivity index (χ3v) is 6.34. The van der Waals surface area contributed by atoms with E-state index in [2.05, 4.69) is 15.0 Å². The van der Waals surface area contributed by atoms with Gasteiger partial charge in [0.05, 0.1) is 40.6 Å². The lowest BCUT2D eigenvalue weighted by Crippen LogP contribution is -2.38. The number of hydrogen-bond donors (Lipinski definition) is 3. The summed E-state index contributed by atoms with van der Waals surface area (Å²) in [7, 11) is 1.60. The largest absolute Gasteiger partial charge is 0.416 e. The molecule has 3 heterocycles. The van der Waals surface area contributed by atoms with Crippen LogP contribution in [0.25, 0.3) is 33.3 Å². The third kappa shape index (κ3) is 4.01. The zero-order chi connectivity index (χ0) is 24.9. The molecular weight excluding hydrogens is 463 g/mol. The van der Waals surface area contributed by atoms with Crippen LogP contribution in [0.1, 0.15) is 28.8 Å². The molecule has 2 aromatic heterocycles. The van der Waals surface area contributed by atoms with Gasteiger partial charge >= 0.3 is 6.18 Å². The normalized spacial score (nSPS) is 16.5. The summed E-state index contributed by atoms with van der Waals surface area (Å²) in [6, 6.07) is 7.92. The van der Waals surface area contributed by atoms with Crippen molar-refractivity contribution < 1.29 is 22.7 Å². The molecule has 11 heteroatoms. The first-order valence-corrected chi connectivity index (χ1v) is 11.0. The highest BCUT2D eigenvalue weighted by Crippen LogP contribution is 2.34. The number of anilines is 1. The predicted molar refractivity (Wildman–Crippen MR) is 125 cm³/mol. The van der Waals surface area contributed by atoms with Gasteiger partial charge in [-0.2, -0.15) is 13.2 Å². The Balaban J connectivity index is 1.56. The fraction of sp³-hybridized carbons (Fsp3) is 0.292. The van der Waals surface area contributed by atoms with Gasteiger partial charge in [0, 0.05) is 30.1 Å². The van der Waals surface area contributed by atoms with Crippen LogP contribution in [0.5, 0.6) is 0 Å². The molecule has 0 radical (unpaired) electrons. The van der Waals surface area contributed by atoms with E-state index in [1.54, 1.807) is 30.2 Å². The molecule has 8 nitrogen and oxygen atoms in total. The van der Waals surface area contributed by atoms with Crippen LogP contribution in [-0.4, -0.2) is 52.1 Å². The number of methoxy groups -OCH3 is 1. The molecule has 1 aliphatic rings. The minimum Gasteiger partial charge on any atom is -0.396 e. The van der Waals surface area contributed by atoms with E-state index in [1.807, 2.05) is 0 Å². The molecule has 5 rings (SSSR count). The molecule has 1 saturated heterocycles. The number of carbonyl (C=O) groups excluding carboxylic acids is 1. The number of alkyl halides is 3. The number of fused-ring (bicyclic) bond motifs is 2. The van der Waals surface area contributed by atoms with Crippen molar-refractivity contribution in [1.82, 2.24) is 19.9 Å². The Morgan fingerprint density at radius 3 is 2.71 bits per heavy atom. The lowest BCUT2D eigenvalue weighted by Gasteiger charge is -2.24. The smallest absolute Gasteiger partial charge is 0.396 e. The number of benzene rings is 2. The number of H-pyrrole nitrogens is 2. The number of nitrogens with zero attached hydrogens (tertiary/aromatic N) is 2. The van der Waals surface area contributed by atoms with E-state index in [1.165, 1.54) is 0 Å². The minimum atomic E-state index is -4.55. The van der Waals surface area contributed by atoms with Crippen molar-refractivity contribution in [3.05, 3.63) is 57.9 Å². The maximum Gasteiger partial charge on any atom is 0.416 e. The number of ether oxygens (including phenoxy) is 1. The average molecular weight is 485 g/mol. The molecule has 0 aliphatic carbocycles. The molecule has 0 saturated carbocycles. The topological polar surface area (TPSA) is 117 Å². The molecule has 1 fully saturated rings. The molecule has 1 amide bonds. The first-order chi connectivity index (χ1) is 16.7. The Morgan fingerprint density at radius 2 is 1.97 bits per heavy atom. The Kier molecular flexibility index (Phi) is 5.51. The van der Waals surface area contributed by atoms with Crippen molar-refractivity contribution in [2.75, 3.05) is 26.0 Å². The predicted octanol–water partition coefficient (Wildman–Crippen LogP) is 3.92. The average Bonchev–Trinajstić information content (AvgIpc) is 3.41. The number of aromatic nitrogens is 3. The number of halogens is 3. The van der Waals surface area contributed by atoms with E-state index >= 15 is 0 Å². The van der Waals surface area contributed by atoms with Crippen LogP contribution in [-0.2, 0) is 10.9 Å². The standard InChI is InChI=1S/C24H22F3N5O3/c1-35-11-14-3-2-8-32(14)23(34)12-4-6-16-15(9-12)19(28)20(29-16)21-22(33)31-17-7-5-13(24(25,26)27)10-18(17)30-21/h4-7,9-10,14,29H,2-3,8,11,28H2,1H3,(H,31,33)/t14-/m1/s1. The first kappa shape index (κ1) is 22.9. The molecule has 0 bridgehead atoms. The van der Waals surface area contributed by atoms with Crippen LogP contribution < -0.4 is 11.3 Å². The summed E-state index contributed by atoms with van der Waals surface area (Å²) >= 11 is 0. The van der Waals surface area contributed by atoms with E-state index in [4.69, 9.17) is 10.5 Å². The van der Waals surface area contributed by atoms with E-state index in [0.29, 0.717) is 29.6 Å². The summed E-state index contributed by atoms with van der Waals surface area (Å²) in [6.45, 7) is 1.09. The fourth-order valence-electron chi connectivity index (χ4n) is 4.60. The molecule has 0 spiro atoms. The fourth-order valence-corrected chi connectivity index (χ4v) is 4.60. The number of nitrogens with two attached hydrogens (primary N) is 1. The van der Waals surface area contributed by atoms with Crippen LogP contribution in [0.3, 0.4) is 0 Å². The number of amides is 1. The molecule has 0 unspecified atom stereocenters. The lowest BCUT2D eigenvalue weighted by molar-refractivity contribution is -0.137. The summed E-state index contributed by atoms with van der Waals surface area (Å²) in [6.07, 6.45) is -2.79. The van der Waals surface area contributed by atoms with Crippen molar-refractivity contribution in [3.8, 4) is 11.4 Å². The molecule has 4 N–H and O–H groups in total. The third-order valence-electron chi connectivity index (χ3n) is 6.34. The number of nitrogens with one attached hydrogen (secondary N) is 2. The minimum absolute atomic E-state index is 0.00396. The molecule has 2 aromatic carbocycles. The Bertz CT molecular complexity index is 1510. The first-order valence-electron chi connectivity index (χ1n) is 11.0. The van der Waals surface area contributed by atoms with Gasteiger partial charge < -0.3 is 25.3 Å². The second kappa shape index (κ2) is 8.42. The van der Waals surface area contributed by atoms with Gasteiger partial charge in [-0.3, -0.25) is 9.59 Å². The monoisotopic (exact) mass is 485 g/mol. The lowest BCUT2D eigenvalue weighted by atomic mass is 10.1. The number of rotatable bonds is 4. The van der Waals surface area contributed by atoms with E-state index in [9.17, 15) is 22.8 Å². The second-order valence-corrected chi connectivity index (χ2v) is 8.57. The molecule has 4 aromatic rings. The zero-order valence-electron chi connectivity index (χ0n) is 18.7. The zero-order valence-corrected chi connectivity index (χ0v) is 18.7. The second-order valence-electron chi connectivity index (χ2n) is 8.57. The van der Waals surface area contributed by atoms with Crippen molar-refractivity contribution in [3.63, 3.8) is 0 Å². The number of carbonyl (C=O) groups is 1. The van der Waals surface area contributed by atoms with Crippen LogP contribution in [0.15, 0.2) is 41.2 Å². The van der Waals surface area contributed by atoms with Gasteiger partial charge in [0.1, 0.15) is 0 Å². The van der Waals surface area contributed by atoms with Gasteiger partial charge in [0.25, 0.3) is 11.5 Å². The van der Waals surface area contributed by atoms with Crippen molar-refractivity contribution in [2.24, 2.45) is 0 Å². The van der Waals surface area contributed by atoms with Gasteiger partial charge in [-0.15, -0.1) is 0 Å².